The zero-order chi connectivity index (χ0) is 20.9. The molecule has 1 saturated carbocycles. The van der Waals surface area contributed by atoms with Crippen LogP contribution in [0.3, 0.4) is 0 Å². The molecule has 2 aliphatic rings. The summed E-state index contributed by atoms with van der Waals surface area (Å²) in [4.78, 5) is 12.3. The van der Waals surface area contributed by atoms with Gasteiger partial charge in [-0.3, -0.25) is 9.10 Å². The number of sulfonamides is 1. The highest BCUT2D eigenvalue weighted by atomic mass is 32.2. The second kappa shape index (κ2) is 6.87. The van der Waals surface area contributed by atoms with Gasteiger partial charge in [0.05, 0.1) is 23.1 Å². The SMILES string of the molecule is COC(=O)C(C)(C)c1ccc(S(=O)(=O)N2CC3(CCCC3)c3ccccc32)cc1. The van der Waals surface area contributed by atoms with Gasteiger partial charge in [0.15, 0.2) is 0 Å². The van der Waals surface area contributed by atoms with E-state index in [2.05, 4.69) is 6.07 Å². The second-order valence-electron chi connectivity index (χ2n) is 8.66. The van der Waals surface area contributed by atoms with Crippen molar-refractivity contribution in [2.45, 2.75) is 55.3 Å². The van der Waals surface area contributed by atoms with E-state index in [4.69, 9.17) is 4.74 Å². The Morgan fingerprint density at radius 3 is 2.28 bits per heavy atom. The molecule has 1 fully saturated rings. The third-order valence-electron chi connectivity index (χ3n) is 6.61. The summed E-state index contributed by atoms with van der Waals surface area (Å²) in [5, 5.41) is 0. The number of para-hydroxylation sites is 1. The lowest BCUT2D eigenvalue weighted by molar-refractivity contribution is -0.146. The Kier molecular flexibility index (Phi) is 4.73. The van der Waals surface area contributed by atoms with Crippen LogP contribution in [0.4, 0.5) is 5.69 Å². The number of anilines is 1. The molecule has 0 saturated heterocycles. The molecule has 0 aromatic heterocycles. The minimum absolute atomic E-state index is 0.0590. The van der Waals surface area contributed by atoms with Crippen LogP contribution in [0.15, 0.2) is 53.4 Å². The molecule has 1 aliphatic heterocycles. The first-order valence-corrected chi connectivity index (χ1v) is 11.5. The average molecular weight is 414 g/mol. The first kappa shape index (κ1) is 20.0. The Bertz CT molecular complexity index is 1030. The van der Waals surface area contributed by atoms with Gasteiger partial charge in [0.25, 0.3) is 10.0 Å². The van der Waals surface area contributed by atoms with Crippen molar-refractivity contribution < 1.29 is 17.9 Å². The summed E-state index contributed by atoms with van der Waals surface area (Å²) >= 11 is 0. The smallest absolute Gasteiger partial charge is 0.315 e. The molecule has 154 valence electrons. The molecular weight excluding hydrogens is 386 g/mol. The molecule has 0 radical (unpaired) electrons. The zero-order valence-corrected chi connectivity index (χ0v) is 18.0. The Morgan fingerprint density at radius 2 is 1.66 bits per heavy atom. The van der Waals surface area contributed by atoms with Gasteiger partial charge >= 0.3 is 5.97 Å². The van der Waals surface area contributed by atoms with Gasteiger partial charge in [-0.25, -0.2) is 8.42 Å². The number of nitrogens with zero attached hydrogens (tertiary/aromatic N) is 1. The van der Waals surface area contributed by atoms with Crippen molar-refractivity contribution in [3.05, 3.63) is 59.7 Å². The number of esters is 1. The first-order valence-electron chi connectivity index (χ1n) is 10.0. The molecule has 1 aliphatic carbocycles. The van der Waals surface area contributed by atoms with Gasteiger partial charge in [-0.1, -0.05) is 43.2 Å². The summed E-state index contributed by atoms with van der Waals surface area (Å²) in [7, 11) is -2.33. The third-order valence-corrected chi connectivity index (χ3v) is 8.38. The van der Waals surface area contributed by atoms with Crippen LogP contribution >= 0.6 is 0 Å². The summed E-state index contributed by atoms with van der Waals surface area (Å²) in [5.41, 5.74) is 1.78. The van der Waals surface area contributed by atoms with E-state index in [0.717, 1.165) is 42.5 Å². The molecule has 6 heteroatoms. The number of ether oxygens (including phenoxy) is 1. The van der Waals surface area contributed by atoms with E-state index >= 15 is 0 Å². The average Bonchev–Trinajstić information content (AvgIpc) is 3.34. The van der Waals surface area contributed by atoms with Gasteiger partial charge in [-0.2, -0.15) is 0 Å². The van der Waals surface area contributed by atoms with E-state index in [1.807, 2.05) is 18.2 Å². The molecule has 0 bridgehead atoms. The maximum Gasteiger partial charge on any atom is 0.315 e. The third kappa shape index (κ3) is 3.05. The zero-order valence-electron chi connectivity index (χ0n) is 17.1. The number of methoxy groups -OCH3 is 1. The number of hydrogen-bond donors (Lipinski definition) is 0. The first-order chi connectivity index (χ1) is 13.7. The molecule has 0 unspecified atom stereocenters. The van der Waals surface area contributed by atoms with E-state index in [1.165, 1.54) is 7.11 Å². The maximum absolute atomic E-state index is 13.5. The van der Waals surface area contributed by atoms with Crippen molar-refractivity contribution in [3.8, 4) is 0 Å². The molecule has 29 heavy (non-hydrogen) atoms. The number of carbonyl (C=O) groups is 1. The van der Waals surface area contributed by atoms with Gasteiger partial charge < -0.3 is 4.74 Å². The highest BCUT2D eigenvalue weighted by molar-refractivity contribution is 7.92. The summed E-state index contributed by atoms with van der Waals surface area (Å²) in [6, 6.07) is 14.5. The van der Waals surface area contributed by atoms with Crippen LogP contribution in [0.5, 0.6) is 0 Å². The Labute approximate surface area is 172 Å². The fraction of sp³-hybridized carbons (Fsp3) is 0.435. The van der Waals surface area contributed by atoms with Gasteiger partial charge in [-0.15, -0.1) is 0 Å². The van der Waals surface area contributed by atoms with Gasteiger partial charge in [0, 0.05) is 12.0 Å². The second-order valence-corrected chi connectivity index (χ2v) is 10.5. The van der Waals surface area contributed by atoms with Gasteiger partial charge in [0.1, 0.15) is 0 Å². The van der Waals surface area contributed by atoms with Crippen molar-refractivity contribution in [1.29, 1.82) is 0 Å². The normalized spacial score (nSPS) is 18.1. The Balaban J connectivity index is 1.70. The van der Waals surface area contributed by atoms with Crippen molar-refractivity contribution in [2.24, 2.45) is 0 Å². The summed E-state index contributed by atoms with van der Waals surface area (Å²) in [6.07, 6.45) is 4.34. The van der Waals surface area contributed by atoms with E-state index in [1.54, 1.807) is 42.4 Å². The van der Waals surface area contributed by atoms with E-state index in [0.29, 0.717) is 6.54 Å². The topological polar surface area (TPSA) is 63.7 Å². The highest BCUT2D eigenvalue weighted by Crippen LogP contribution is 2.51. The monoisotopic (exact) mass is 413 g/mol. The number of carbonyl (C=O) groups excluding carboxylic acids is 1. The fourth-order valence-electron chi connectivity index (χ4n) is 4.82. The van der Waals surface area contributed by atoms with Crippen LogP contribution in [-0.4, -0.2) is 28.0 Å². The molecule has 0 atom stereocenters. The molecule has 2 aromatic carbocycles. The lowest BCUT2D eigenvalue weighted by Crippen LogP contribution is -2.35. The largest absolute Gasteiger partial charge is 0.468 e. The Morgan fingerprint density at radius 1 is 1.03 bits per heavy atom. The van der Waals surface area contributed by atoms with Crippen molar-refractivity contribution in [2.75, 3.05) is 18.0 Å². The summed E-state index contributed by atoms with van der Waals surface area (Å²) in [6.45, 7) is 4.04. The van der Waals surface area contributed by atoms with Crippen molar-refractivity contribution >= 4 is 21.7 Å². The maximum atomic E-state index is 13.5. The molecule has 0 amide bonds. The molecule has 1 spiro atoms. The van der Waals surface area contributed by atoms with E-state index < -0.39 is 15.4 Å². The number of benzene rings is 2. The van der Waals surface area contributed by atoms with Crippen LogP contribution in [0.1, 0.15) is 50.7 Å². The van der Waals surface area contributed by atoms with Gasteiger partial charge in [-0.05, 0) is 56.0 Å². The summed E-state index contributed by atoms with van der Waals surface area (Å²) in [5.74, 6) is -0.357. The fourth-order valence-corrected chi connectivity index (χ4v) is 6.39. The number of fused-ring (bicyclic) bond motifs is 2. The Hall–Kier alpha value is -2.34. The van der Waals surface area contributed by atoms with Crippen molar-refractivity contribution in [1.82, 2.24) is 0 Å². The van der Waals surface area contributed by atoms with Gasteiger partial charge in [0.2, 0.25) is 0 Å². The standard InChI is InChI=1S/C23H27NO4S/c1-22(2,21(25)28-3)17-10-12-18(13-11-17)29(26,27)24-16-23(14-6-7-15-23)19-8-4-5-9-20(19)24/h4-5,8-13H,6-7,14-16H2,1-3H3. The molecule has 2 aromatic rings. The van der Waals surface area contributed by atoms with Crippen LogP contribution in [-0.2, 0) is 30.4 Å². The summed E-state index contributed by atoms with van der Waals surface area (Å²) < 4.78 is 33.5. The van der Waals surface area contributed by atoms with Crippen LogP contribution in [0.25, 0.3) is 0 Å². The highest BCUT2D eigenvalue weighted by Gasteiger charge is 2.48. The minimum Gasteiger partial charge on any atom is -0.468 e. The molecule has 1 heterocycles. The molecule has 5 nitrogen and oxygen atoms in total. The predicted octanol–water partition coefficient (Wildman–Crippen LogP) is 4.16. The quantitative estimate of drug-likeness (QED) is 0.706. The lowest BCUT2D eigenvalue weighted by Gasteiger charge is -2.26. The minimum atomic E-state index is -3.69. The van der Waals surface area contributed by atoms with E-state index in [-0.39, 0.29) is 16.3 Å². The van der Waals surface area contributed by atoms with Crippen LogP contribution < -0.4 is 4.31 Å². The molecule has 4 rings (SSSR count). The van der Waals surface area contributed by atoms with Crippen molar-refractivity contribution in [3.63, 3.8) is 0 Å². The lowest BCUT2D eigenvalue weighted by atomic mass is 9.81. The number of rotatable bonds is 4. The van der Waals surface area contributed by atoms with Crippen LogP contribution in [0.2, 0.25) is 0 Å². The van der Waals surface area contributed by atoms with E-state index in [9.17, 15) is 13.2 Å². The predicted molar refractivity (Wildman–Crippen MR) is 113 cm³/mol. The van der Waals surface area contributed by atoms with Crippen LogP contribution in [0, 0.1) is 0 Å². The molecule has 0 N–H and O–H groups in total. The molecular formula is C23H27NO4S. The number of hydrogen-bond acceptors (Lipinski definition) is 4.